The van der Waals surface area contributed by atoms with E-state index in [-0.39, 0.29) is 18.1 Å². The first-order chi connectivity index (χ1) is 10.2. The molecule has 0 aliphatic carbocycles. The number of ether oxygens (including phenoxy) is 3. The first kappa shape index (κ1) is 13.3. The van der Waals surface area contributed by atoms with E-state index in [2.05, 4.69) is 0 Å². The van der Waals surface area contributed by atoms with E-state index >= 15 is 0 Å². The first-order valence-electron chi connectivity index (χ1n) is 6.48. The Hall–Kier alpha value is -2.69. The molecule has 108 valence electrons. The van der Waals surface area contributed by atoms with Gasteiger partial charge in [-0.3, -0.25) is 4.79 Å². The van der Waals surface area contributed by atoms with E-state index in [1.807, 2.05) is 0 Å². The van der Waals surface area contributed by atoms with Crippen molar-refractivity contribution in [3.05, 3.63) is 48.0 Å². The van der Waals surface area contributed by atoms with Crippen molar-refractivity contribution in [2.75, 3.05) is 13.7 Å². The van der Waals surface area contributed by atoms with Crippen LogP contribution < -0.4 is 14.2 Å². The zero-order valence-corrected chi connectivity index (χ0v) is 11.4. The van der Waals surface area contributed by atoms with Crippen LogP contribution >= 0.6 is 0 Å². The lowest BCUT2D eigenvalue weighted by atomic mass is 10.0. The zero-order valence-electron chi connectivity index (χ0n) is 11.4. The first-order valence-corrected chi connectivity index (χ1v) is 6.48. The highest BCUT2D eigenvalue weighted by atomic mass is 16.5. The van der Waals surface area contributed by atoms with Gasteiger partial charge in [0.05, 0.1) is 12.7 Å². The summed E-state index contributed by atoms with van der Waals surface area (Å²) >= 11 is 0. The Balaban J connectivity index is 1.78. The van der Waals surface area contributed by atoms with Gasteiger partial charge in [0.2, 0.25) is 5.78 Å². The molecule has 0 saturated carbocycles. The normalized spacial score (nSPS) is 16.8. The number of fused-ring (bicyclic) bond motifs is 1. The Labute approximate surface area is 121 Å². The number of hydrogen-bond donors (Lipinski definition) is 1. The molecule has 1 N–H and O–H groups in total. The number of phenols is 1. The van der Waals surface area contributed by atoms with Gasteiger partial charge < -0.3 is 19.3 Å². The van der Waals surface area contributed by atoms with Gasteiger partial charge in [0.25, 0.3) is 0 Å². The molecule has 1 aliphatic heterocycles. The third kappa shape index (κ3) is 2.63. The number of aromatic hydroxyl groups is 1. The van der Waals surface area contributed by atoms with Crippen molar-refractivity contribution in [3.8, 4) is 23.0 Å². The number of benzene rings is 2. The number of hydrogen-bond acceptors (Lipinski definition) is 5. The van der Waals surface area contributed by atoms with E-state index in [9.17, 15) is 9.90 Å². The van der Waals surface area contributed by atoms with Crippen molar-refractivity contribution >= 4 is 5.78 Å². The number of methoxy groups -OCH3 is 1. The quantitative estimate of drug-likeness (QED) is 0.938. The largest absolute Gasteiger partial charge is 0.508 e. The SMILES string of the molecule is COc1ccc(OC2COc3cc(O)ccc3C2=O)cc1. The summed E-state index contributed by atoms with van der Waals surface area (Å²) in [6.45, 7) is 0.112. The molecule has 0 aromatic heterocycles. The molecule has 0 amide bonds. The molecular weight excluding hydrogens is 272 g/mol. The maximum Gasteiger partial charge on any atom is 0.210 e. The second-order valence-corrected chi connectivity index (χ2v) is 4.64. The van der Waals surface area contributed by atoms with Crippen LogP contribution in [0.3, 0.4) is 0 Å². The number of phenolic OH excluding ortho intramolecular Hbond substituents is 1. The highest BCUT2D eigenvalue weighted by Crippen LogP contribution is 2.30. The topological polar surface area (TPSA) is 65.0 Å². The average molecular weight is 286 g/mol. The lowest BCUT2D eigenvalue weighted by Gasteiger charge is -2.24. The minimum Gasteiger partial charge on any atom is -0.508 e. The molecule has 5 nitrogen and oxygen atoms in total. The number of Topliss-reactive ketones (excluding diaryl/α,β-unsaturated/α-hetero) is 1. The Morgan fingerprint density at radius 1 is 1.14 bits per heavy atom. The Kier molecular flexibility index (Phi) is 3.39. The van der Waals surface area contributed by atoms with Crippen molar-refractivity contribution in [2.24, 2.45) is 0 Å². The molecule has 0 bridgehead atoms. The molecule has 5 heteroatoms. The molecule has 0 fully saturated rings. The van der Waals surface area contributed by atoms with Gasteiger partial charge in [0.1, 0.15) is 29.6 Å². The molecular formula is C16H14O5. The fourth-order valence-corrected chi connectivity index (χ4v) is 2.15. The van der Waals surface area contributed by atoms with E-state index in [4.69, 9.17) is 14.2 Å². The highest BCUT2D eigenvalue weighted by molar-refractivity contribution is 6.03. The van der Waals surface area contributed by atoms with Crippen LogP contribution in [0.1, 0.15) is 10.4 Å². The summed E-state index contributed by atoms with van der Waals surface area (Å²) in [4.78, 5) is 12.3. The summed E-state index contributed by atoms with van der Waals surface area (Å²) in [5.74, 6) is 1.58. The van der Waals surface area contributed by atoms with Crippen LogP contribution in [0.4, 0.5) is 0 Å². The van der Waals surface area contributed by atoms with Gasteiger partial charge in [-0.1, -0.05) is 0 Å². The predicted octanol–water partition coefficient (Wildman–Crippen LogP) is 2.42. The second-order valence-electron chi connectivity index (χ2n) is 4.64. The van der Waals surface area contributed by atoms with Gasteiger partial charge in [0.15, 0.2) is 6.10 Å². The highest BCUT2D eigenvalue weighted by Gasteiger charge is 2.30. The number of carbonyl (C=O) groups is 1. The van der Waals surface area contributed by atoms with Gasteiger partial charge in [-0.05, 0) is 36.4 Å². The number of ketones is 1. The summed E-state index contributed by atoms with van der Waals surface area (Å²) in [5, 5.41) is 9.39. The molecule has 1 heterocycles. The fourth-order valence-electron chi connectivity index (χ4n) is 2.15. The third-order valence-corrected chi connectivity index (χ3v) is 3.25. The third-order valence-electron chi connectivity index (χ3n) is 3.25. The summed E-state index contributed by atoms with van der Waals surface area (Å²) in [6, 6.07) is 11.4. The molecule has 0 saturated heterocycles. The van der Waals surface area contributed by atoms with E-state index in [0.29, 0.717) is 17.1 Å². The summed E-state index contributed by atoms with van der Waals surface area (Å²) < 4.78 is 16.2. The molecule has 2 aromatic rings. The number of carbonyl (C=O) groups excluding carboxylic acids is 1. The van der Waals surface area contributed by atoms with Crippen molar-refractivity contribution in [1.82, 2.24) is 0 Å². The Morgan fingerprint density at radius 3 is 2.57 bits per heavy atom. The monoisotopic (exact) mass is 286 g/mol. The molecule has 0 radical (unpaired) electrons. The Morgan fingerprint density at radius 2 is 1.86 bits per heavy atom. The van der Waals surface area contributed by atoms with Crippen LogP contribution in [0.15, 0.2) is 42.5 Å². The summed E-state index contributed by atoms with van der Waals surface area (Å²) in [6.07, 6.45) is -0.699. The Bertz CT molecular complexity index is 663. The smallest absolute Gasteiger partial charge is 0.210 e. The van der Waals surface area contributed by atoms with Crippen molar-refractivity contribution in [1.29, 1.82) is 0 Å². The van der Waals surface area contributed by atoms with E-state index < -0.39 is 6.10 Å². The van der Waals surface area contributed by atoms with E-state index in [1.54, 1.807) is 31.4 Å². The number of rotatable bonds is 3. The summed E-state index contributed by atoms with van der Waals surface area (Å²) in [7, 11) is 1.58. The maximum atomic E-state index is 12.3. The lowest BCUT2D eigenvalue weighted by molar-refractivity contribution is 0.0628. The molecule has 3 rings (SSSR count). The standard InChI is InChI=1S/C16H14O5/c1-19-11-3-5-12(6-4-11)21-15-9-20-14-8-10(17)2-7-13(14)16(15)18/h2-8,15,17H,9H2,1H3. The summed E-state index contributed by atoms with van der Waals surface area (Å²) in [5.41, 5.74) is 0.414. The predicted molar refractivity (Wildman–Crippen MR) is 75.3 cm³/mol. The molecule has 2 aromatic carbocycles. The minimum atomic E-state index is -0.699. The van der Waals surface area contributed by atoms with Crippen LogP contribution in [0.2, 0.25) is 0 Å². The van der Waals surface area contributed by atoms with Crippen molar-refractivity contribution in [2.45, 2.75) is 6.10 Å². The lowest BCUT2D eigenvalue weighted by Crippen LogP contribution is -2.37. The molecule has 1 atom stereocenters. The van der Waals surface area contributed by atoms with Crippen LogP contribution in [0.5, 0.6) is 23.0 Å². The van der Waals surface area contributed by atoms with Gasteiger partial charge in [-0.2, -0.15) is 0 Å². The minimum absolute atomic E-state index is 0.0658. The zero-order chi connectivity index (χ0) is 14.8. The van der Waals surface area contributed by atoms with Gasteiger partial charge in [0, 0.05) is 6.07 Å². The van der Waals surface area contributed by atoms with E-state index in [0.717, 1.165) is 5.75 Å². The van der Waals surface area contributed by atoms with Gasteiger partial charge in [-0.15, -0.1) is 0 Å². The fraction of sp³-hybridized carbons (Fsp3) is 0.188. The van der Waals surface area contributed by atoms with Crippen molar-refractivity contribution < 1.29 is 24.1 Å². The molecule has 1 unspecified atom stereocenters. The van der Waals surface area contributed by atoms with Crippen LogP contribution in [-0.4, -0.2) is 30.7 Å². The van der Waals surface area contributed by atoms with Crippen molar-refractivity contribution in [3.63, 3.8) is 0 Å². The van der Waals surface area contributed by atoms with Crippen LogP contribution in [-0.2, 0) is 0 Å². The van der Waals surface area contributed by atoms with Gasteiger partial charge >= 0.3 is 0 Å². The second kappa shape index (κ2) is 5.36. The average Bonchev–Trinajstić information content (AvgIpc) is 2.51. The van der Waals surface area contributed by atoms with E-state index in [1.165, 1.54) is 18.2 Å². The van der Waals surface area contributed by atoms with Crippen LogP contribution in [0, 0.1) is 0 Å². The maximum absolute atomic E-state index is 12.3. The van der Waals surface area contributed by atoms with Gasteiger partial charge in [-0.25, -0.2) is 0 Å². The van der Waals surface area contributed by atoms with Crippen LogP contribution in [0.25, 0.3) is 0 Å². The molecule has 1 aliphatic rings. The molecule has 0 spiro atoms. The molecule has 21 heavy (non-hydrogen) atoms.